The van der Waals surface area contributed by atoms with Crippen LogP contribution in [0.2, 0.25) is 0 Å². The number of hydrogen-bond donors (Lipinski definition) is 2. The lowest BCUT2D eigenvalue weighted by atomic mass is 10.0. The van der Waals surface area contributed by atoms with Gasteiger partial charge in [-0.05, 0) is 30.5 Å². The molecule has 0 saturated heterocycles. The first-order valence-corrected chi connectivity index (χ1v) is 6.43. The summed E-state index contributed by atoms with van der Waals surface area (Å²) in [6.45, 7) is 6.67. The topological polar surface area (TPSA) is 50.4 Å². The largest absolute Gasteiger partial charge is 0.482 e. The second kappa shape index (κ2) is 5.29. The smallest absolute Gasteiger partial charge is 0.262 e. The molecule has 0 spiro atoms. The van der Waals surface area contributed by atoms with Gasteiger partial charge in [0, 0.05) is 11.7 Å². The van der Waals surface area contributed by atoms with Gasteiger partial charge in [-0.2, -0.15) is 0 Å². The first kappa shape index (κ1) is 12.7. The Morgan fingerprint density at radius 2 is 2.22 bits per heavy atom. The summed E-state index contributed by atoms with van der Waals surface area (Å²) >= 11 is 0. The number of amides is 1. The van der Waals surface area contributed by atoms with Gasteiger partial charge in [-0.25, -0.2) is 0 Å². The molecule has 1 heterocycles. The van der Waals surface area contributed by atoms with E-state index in [1.165, 1.54) is 0 Å². The monoisotopic (exact) mass is 248 g/mol. The number of carbonyl (C=O) groups excluding carboxylic acids is 1. The van der Waals surface area contributed by atoms with E-state index < -0.39 is 0 Å². The summed E-state index contributed by atoms with van der Waals surface area (Å²) < 4.78 is 5.33. The minimum atomic E-state index is -0.101. The highest BCUT2D eigenvalue weighted by Crippen LogP contribution is 2.31. The molecule has 0 saturated carbocycles. The van der Waals surface area contributed by atoms with Crippen molar-refractivity contribution in [3.05, 3.63) is 18.2 Å². The normalized spacial score (nSPS) is 15.7. The summed E-state index contributed by atoms with van der Waals surface area (Å²) in [6.07, 6.45) is 1.07. The number of ether oxygens (including phenoxy) is 1. The molecule has 1 amide bonds. The van der Waals surface area contributed by atoms with Crippen molar-refractivity contribution in [1.29, 1.82) is 0 Å². The van der Waals surface area contributed by atoms with Crippen molar-refractivity contribution in [2.45, 2.75) is 33.2 Å². The molecule has 0 radical (unpaired) electrons. The summed E-state index contributed by atoms with van der Waals surface area (Å²) in [7, 11) is 0. The Balaban J connectivity index is 2.15. The lowest BCUT2D eigenvalue weighted by Crippen LogP contribution is -2.26. The molecule has 1 aromatic rings. The lowest BCUT2D eigenvalue weighted by molar-refractivity contribution is -0.118. The number of hydrogen-bond acceptors (Lipinski definition) is 3. The second-order valence-electron chi connectivity index (χ2n) is 4.95. The van der Waals surface area contributed by atoms with Gasteiger partial charge in [0.25, 0.3) is 5.91 Å². The van der Waals surface area contributed by atoms with Gasteiger partial charge in [0.15, 0.2) is 6.61 Å². The van der Waals surface area contributed by atoms with E-state index in [1.54, 1.807) is 0 Å². The lowest BCUT2D eigenvalue weighted by Gasteiger charge is -2.24. The van der Waals surface area contributed by atoms with Gasteiger partial charge in [-0.15, -0.1) is 0 Å². The highest BCUT2D eigenvalue weighted by Gasteiger charge is 2.17. The molecular weight excluding hydrogens is 228 g/mol. The zero-order valence-electron chi connectivity index (χ0n) is 11.1. The molecule has 4 nitrogen and oxygen atoms in total. The second-order valence-corrected chi connectivity index (χ2v) is 4.95. The van der Waals surface area contributed by atoms with Crippen LogP contribution in [0.3, 0.4) is 0 Å². The minimum Gasteiger partial charge on any atom is -0.482 e. The molecule has 0 bridgehead atoms. The number of anilines is 2. The standard InChI is InChI=1S/C14H20N2O2/c1-4-11(9(2)3)15-10-5-6-13-12(7-10)16-14(17)8-18-13/h5-7,9,11,15H,4,8H2,1-3H3,(H,16,17). The van der Waals surface area contributed by atoms with Crippen LogP contribution in [0.25, 0.3) is 0 Å². The van der Waals surface area contributed by atoms with Crippen molar-refractivity contribution in [2.24, 2.45) is 5.92 Å². The Morgan fingerprint density at radius 3 is 2.89 bits per heavy atom. The van der Waals surface area contributed by atoms with E-state index in [2.05, 4.69) is 31.4 Å². The van der Waals surface area contributed by atoms with Gasteiger partial charge in [0.2, 0.25) is 0 Å². The molecule has 2 N–H and O–H groups in total. The molecule has 1 atom stereocenters. The summed E-state index contributed by atoms with van der Waals surface area (Å²) in [5.41, 5.74) is 1.76. The molecule has 98 valence electrons. The number of benzene rings is 1. The fourth-order valence-electron chi connectivity index (χ4n) is 2.13. The first-order valence-electron chi connectivity index (χ1n) is 6.43. The third kappa shape index (κ3) is 2.75. The van der Waals surface area contributed by atoms with Crippen LogP contribution in [0.5, 0.6) is 5.75 Å². The van der Waals surface area contributed by atoms with E-state index in [0.717, 1.165) is 23.5 Å². The SMILES string of the molecule is CCC(Nc1ccc2c(c1)NC(=O)CO2)C(C)C. The number of fused-ring (bicyclic) bond motifs is 1. The summed E-state index contributed by atoms with van der Waals surface area (Å²) in [5, 5.41) is 6.30. The van der Waals surface area contributed by atoms with E-state index in [1.807, 2.05) is 18.2 Å². The van der Waals surface area contributed by atoms with Crippen molar-refractivity contribution >= 4 is 17.3 Å². The fraction of sp³-hybridized carbons (Fsp3) is 0.500. The van der Waals surface area contributed by atoms with E-state index >= 15 is 0 Å². The van der Waals surface area contributed by atoms with E-state index in [9.17, 15) is 4.79 Å². The Kier molecular flexibility index (Phi) is 3.75. The maximum atomic E-state index is 11.3. The average Bonchev–Trinajstić information content (AvgIpc) is 2.35. The quantitative estimate of drug-likeness (QED) is 0.861. The van der Waals surface area contributed by atoms with Crippen molar-refractivity contribution in [1.82, 2.24) is 0 Å². The van der Waals surface area contributed by atoms with Crippen LogP contribution in [0, 0.1) is 5.92 Å². The molecule has 1 aliphatic heterocycles. The predicted molar refractivity (Wildman–Crippen MR) is 73.1 cm³/mol. The van der Waals surface area contributed by atoms with Gasteiger partial charge in [0.05, 0.1) is 5.69 Å². The zero-order chi connectivity index (χ0) is 13.1. The number of carbonyl (C=O) groups is 1. The zero-order valence-corrected chi connectivity index (χ0v) is 11.1. The molecule has 2 rings (SSSR count). The van der Waals surface area contributed by atoms with Crippen LogP contribution in [0.15, 0.2) is 18.2 Å². The Morgan fingerprint density at radius 1 is 1.44 bits per heavy atom. The molecule has 1 aromatic carbocycles. The van der Waals surface area contributed by atoms with Crippen LogP contribution < -0.4 is 15.4 Å². The first-order chi connectivity index (χ1) is 8.60. The Hall–Kier alpha value is -1.71. The van der Waals surface area contributed by atoms with E-state index in [0.29, 0.717) is 12.0 Å². The number of nitrogens with one attached hydrogen (secondary N) is 2. The molecule has 0 aliphatic carbocycles. The molecular formula is C14H20N2O2. The number of rotatable bonds is 4. The molecule has 1 aliphatic rings. The van der Waals surface area contributed by atoms with Crippen molar-refractivity contribution in [3.8, 4) is 5.75 Å². The van der Waals surface area contributed by atoms with Crippen molar-refractivity contribution in [3.63, 3.8) is 0 Å². The average molecular weight is 248 g/mol. The van der Waals surface area contributed by atoms with Crippen LogP contribution >= 0.6 is 0 Å². The van der Waals surface area contributed by atoms with Crippen molar-refractivity contribution < 1.29 is 9.53 Å². The maximum absolute atomic E-state index is 11.3. The summed E-state index contributed by atoms with van der Waals surface area (Å²) in [6, 6.07) is 6.24. The summed E-state index contributed by atoms with van der Waals surface area (Å²) in [4.78, 5) is 11.3. The van der Waals surface area contributed by atoms with Crippen molar-refractivity contribution in [2.75, 3.05) is 17.2 Å². The van der Waals surface area contributed by atoms with Crippen LogP contribution in [0.4, 0.5) is 11.4 Å². The van der Waals surface area contributed by atoms with Crippen LogP contribution in [-0.4, -0.2) is 18.6 Å². The molecule has 0 fully saturated rings. The van der Waals surface area contributed by atoms with Gasteiger partial charge in [0.1, 0.15) is 5.75 Å². The highest BCUT2D eigenvalue weighted by molar-refractivity contribution is 5.96. The van der Waals surface area contributed by atoms with E-state index in [-0.39, 0.29) is 12.5 Å². The van der Waals surface area contributed by atoms with Crippen LogP contribution in [0.1, 0.15) is 27.2 Å². The predicted octanol–water partition coefficient (Wildman–Crippen LogP) is 2.86. The molecule has 1 unspecified atom stereocenters. The maximum Gasteiger partial charge on any atom is 0.262 e. The van der Waals surface area contributed by atoms with Gasteiger partial charge in [-0.1, -0.05) is 20.8 Å². The molecule has 4 heteroatoms. The minimum absolute atomic E-state index is 0.101. The highest BCUT2D eigenvalue weighted by atomic mass is 16.5. The van der Waals surface area contributed by atoms with Gasteiger partial charge in [-0.3, -0.25) is 4.79 Å². The molecule has 18 heavy (non-hydrogen) atoms. The van der Waals surface area contributed by atoms with Crippen LogP contribution in [-0.2, 0) is 4.79 Å². The summed E-state index contributed by atoms with van der Waals surface area (Å²) in [5.74, 6) is 1.20. The Labute approximate surface area is 108 Å². The fourth-order valence-corrected chi connectivity index (χ4v) is 2.13. The van der Waals surface area contributed by atoms with Gasteiger partial charge < -0.3 is 15.4 Å². The van der Waals surface area contributed by atoms with E-state index in [4.69, 9.17) is 4.74 Å². The molecule has 0 aromatic heterocycles. The van der Waals surface area contributed by atoms with Gasteiger partial charge >= 0.3 is 0 Å². The Bertz CT molecular complexity index is 443. The third-order valence-electron chi connectivity index (χ3n) is 3.21. The third-order valence-corrected chi connectivity index (χ3v) is 3.21.